The normalized spacial score (nSPS) is 12.9. The summed E-state index contributed by atoms with van der Waals surface area (Å²) in [6.07, 6.45) is 0. The molecule has 10 rings (SSSR count). The van der Waals surface area contributed by atoms with Crippen molar-refractivity contribution in [2.45, 2.75) is 19.3 Å². The van der Waals surface area contributed by atoms with Crippen LogP contribution in [0.1, 0.15) is 25.0 Å². The third-order valence-corrected chi connectivity index (χ3v) is 11.1. The summed E-state index contributed by atoms with van der Waals surface area (Å²) in [4.78, 5) is 10.3. The Labute approximate surface area is 310 Å². The summed E-state index contributed by atoms with van der Waals surface area (Å²) in [6, 6.07) is 65.5. The van der Waals surface area contributed by atoms with Crippen LogP contribution in [0.5, 0.6) is 0 Å². The first-order valence-electron chi connectivity index (χ1n) is 18.3. The molecular weight excluding hydrogens is 641 g/mol. The number of aromatic nitrogens is 2. The van der Waals surface area contributed by atoms with Gasteiger partial charge in [-0.15, -0.1) is 0 Å². The van der Waals surface area contributed by atoms with Crippen LogP contribution < -0.4 is 0 Å². The van der Waals surface area contributed by atoms with Crippen LogP contribution in [0.4, 0.5) is 0 Å². The maximum atomic E-state index is 5.20. The van der Waals surface area contributed by atoms with E-state index in [2.05, 4.69) is 178 Å². The molecule has 0 aliphatic heterocycles. The summed E-state index contributed by atoms with van der Waals surface area (Å²) in [5, 5.41) is 4.77. The van der Waals surface area contributed by atoms with Gasteiger partial charge in [0.1, 0.15) is 0 Å². The maximum absolute atomic E-state index is 5.20. The Kier molecular flexibility index (Phi) is 7.19. The molecule has 0 bridgehead atoms. The fraction of sp³-hybridized carbons (Fsp3) is 0.0588. The largest absolute Gasteiger partial charge is 0.228 e. The number of hydrogen-bond donors (Lipinski definition) is 0. The van der Waals surface area contributed by atoms with E-state index < -0.39 is 0 Å². The predicted octanol–water partition coefficient (Wildman–Crippen LogP) is 13.4. The quantitative estimate of drug-likeness (QED) is 0.181. The molecule has 0 amide bonds. The van der Waals surface area contributed by atoms with Gasteiger partial charge in [-0.1, -0.05) is 178 Å². The van der Waals surface area contributed by atoms with Crippen molar-refractivity contribution >= 4 is 21.5 Å². The standard InChI is InChI=1S/C51H36N2/c1-51(2)46-19-11-10-18-43(46)44-27-26-38(31-47(44)51)34-20-23-35(24-21-34)40-28-29-45(42-17-9-8-16-41(40)42)49-32-48(52-50(53-49)36-13-4-3-5-14-36)39-25-22-33-12-6-7-15-37(33)30-39/h3-32H,1-2H3. The van der Waals surface area contributed by atoms with Crippen molar-refractivity contribution in [2.75, 3.05) is 0 Å². The van der Waals surface area contributed by atoms with Crippen molar-refractivity contribution in [3.63, 3.8) is 0 Å². The monoisotopic (exact) mass is 676 g/mol. The fourth-order valence-corrected chi connectivity index (χ4v) is 8.30. The van der Waals surface area contributed by atoms with Gasteiger partial charge in [0.15, 0.2) is 5.82 Å². The van der Waals surface area contributed by atoms with Crippen LogP contribution in [0.15, 0.2) is 182 Å². The molecule has 0 fully saturated rings. The van der Waals surface area contributed by atoms with Crippen LogP contribution >= 0.6 is 0 Å². The van der Waals surface area contributed by atoms with E-state index in [-0.39, 0.29) is 5.41 Å². The molecule has 2 nitrogen and oxygen atoms in total. The van der Waals surface area contributed by atoms with Crippen molar-refractivity contribution in [1.82, 2.24) is 9.97 Å². The summed E-state index contributed by atoms with van der Waals surface area (Å²) in [5.74, 6) is 0.717. The molecule has 1 aromatic heterocycles. The van der Waals surface area contributed by atoms with Gasteiger partial charge >= 0.3 is 0 Å². The molecule has 1 aliphatic rings. The van der Waals surface area contributed by atoms with E-state index >= 15 is 0 Å². The molecule has 1 heterocycles. The molecule has 0 saturated heterocycles. The van der Waals surface area contributed by atoms with E-state index in [1.165, 1.54) is 60.7 Å². The smallest absolute Gasteiger partial charge is 0.160 e. The summed E-state index contributed by atoms with van der Waals surface area (Å²) in [5.41, 5.74) is 15.3. The topological polar surface area (TPSA) is 25.8 Å². The van der Waals surface area contributed by atoms with Crippen LogP contribution in [0.25, 0.3) is 88.8 Å². The van der Waals surface area contributed by atoms with Crippen LogP contribution in [0, 0.1) is 0 Å². The second kappa shape index (κ2) is 12.3. The van der Waals surface area contributed by atoms with Gasteiger partial charge in [-0.25, -0.2) is 9.97 Å². The average Bonchev–Trinajstić information content (AvgIpc) is 3.45. The zero-order valence-corrected chi connectivity index (χ0v) is 29.7. The lowest BCUT2D eigenvalue weighted by atomic mass is 9.81. The van der Waals surface area contributed by atoms with Crippen molar-refractivity contribution < 1.29 is 0 Å². The first kappa shape index (κ1) is 31.1. The first-order chi connectivity index (χ1) is 26.0. The minimum Gasteiger partial charge on any atom is -0.228 e. The minimum atomic E-state index is -0.0235. The number of fused-ring (bicyclic) bond motifs is 5. The van der Waals surface area contributed by atoms with Gasteiger partial charge in [0.05, 0.1) is 11.4 Å². The highest BCUT2D eigenvalue weighted by molar-refractivity contribution is 6.05. The Balaban J connectivity index is 1.05. The van der Waals surface area contributed by atoms with Crippen LogP contribution in [0.2, 0.25) is 0 Å². The van der Waals surface area contributed by atoms with Gasteiger partial charge in [0, 0.05) is 22.1 Å². The van der Waals surface area contributed by atoms with Crippen LogP contribution in [-0.2, 0) is 5.41 Å². The van der Waals surface area contributed by atoms with Crippen molar-refractivity contribution in [3.8, 4) is 67.3 Å². The third kappa shape index (κ3) is 5.26. The molecule has 0 saturated carbocycles. The summed E-state index contributed by atoms with van der Waals surface area (Å²) < 4.78 is 0. The number of benzene rings is 8. The Morgan fingerprint density at radius 3 is 1.75 bits per heavy atom. The summed E-state index contributed by atoms with van der Waals surface area (Å²) in [7, 11) is 0. The lowest BCUT2D eigenvalue weighted by molar-refractivity contribution is 0.660. The molecule has 1 aliphatic carbocycles. The fourth-order valence-electron chi connectivity index (χ4n) is 8.30. The SMILES string of the molecule is CC1(C)c2ccccc2-c2ccc(-c3ccc(-c4ccc(-c5cc(-c6ccc7ccccc7c6)nc(-c6ccccc6)n5)c5ccccc45)cc3)cc21. The van der Waals surface area contributed by atoms with E-state index in [0.717, 1.165) is 33.5 Å². The molecule has 0 N–H and O–H groups in total. The summed E-state index contributed by atoms with van der Waals surface area (Å²) in [6.45, 7) is 4.68. The zero-order chi connectivity index (χ0) is 35.5. The van der Waals surface area contributed by atoms with Crippen LogP contribution in [0.3, 0.4) is 0 Å². The predicted molar refractivity (Wildman–Crippen MR) is 222 cm³/mol. The lowest BCUT2D eigenvalue weighted by Crippen LogP contribution is -2.14. The second-order valence-electron chi connectivity index (χ2n) is 14.6. The minimum absolute atomic E-state index is 0.0235. The van der Waals surface area contributed by atoms with E-state index in [4.69, 9.17) is 9.97 Å². The van der Waals surface area contributed by atoms with E-state index in [9.17, 15) is 0 Å². The third-order valence-electron chi connectivity index (χ3n) is 11.1. The summed E-state index contributed by atoms with van der Waals surface area (Å²) >= 11 is 0. The highest BCUT2D eigenvalue weighted by Gasteiger charge is 2.35. The molecule has 2 heteroatoms. The molecular formula is C51H36N2. The Morgan fingerprint density at radius 2 is 0.925 bits per heavy atom. The van der Waals surface area contributed by atoms with Gasteiger partial charge in [-0.2, -0.15) is 0 Å². The Hall–Kier alpha value is -6.64. The average molecular weight is 677 g/mol. The molecule has 0 spiro atoms. The van der Waals surface area contributed by atoms with E-state index in [1.807, 2.05) is 18.2 Å². The van der Waals surface area contributed by atoms with Crippen molar-refractivity contribution in [2.24, 2.45) is 0 Å². The highest BCUT2D eigenvalue weighted by Crippen LogP contribution is 2.49. The number of hydrogen-bond acceptors (Lipinski definition) is 2. The molecule has 0 atom stereocenters. The van der Waals surface area contributed by atoms with Crippen molar-refractivity contribution in [1.29, 1.82) is 0 Å². The van der Waals surface area contributed by atoms with Gasteiger partial charge in [0.2, 0.25) is 0 Å². The molecule has 53 heavy (non-hydrogen) atoms. The second-order valence-corrected chi connectivity index (χ2v) is 14.6. The van der Waals surface area contributed by atoms with Gasteiger partial charge in [0.25, 0.3) is 0 Å². The number of rotatable bonds is 5. The van der Waals surface area contributed by atoms with Gasteiger partial charge in [-0.3, -0.25) is 0 Å². The van der Waals surface area contributed by atoms with Crippen LogP contribution in [-0.4, -0.2) is 9.97 Å². The zero-order valence-electron chi connectivity index (χ0n) is 29.7. The molecule has 250 valence electrons. The molecule has 8 aromatic carbocycles. The molecule has 0 radical (unpaired) electrons. The molecule has 0 unspecified atom stereocenters. The Morgan fingerprint density at radius 1 is 0.340 bits per heavy atom. The molecule has 9 aromatic rings. The van der Waals surface area contributed by atoms with E-state index in [0.29, 0.717) is 5.82 Å². The maximum Gasteiger partial charge on any atom is 0.160 e. The Bertz CT molecular complexity index is 2850. The first-order valence-corrected chi connectivity index (χ1v) is 18.3. The highest BCUT2D eigenvalue weighted by atomic mass is 14.9. The number of nitrogens with zero attached hydrogens (tertiary/aromatic N) is 2. The van der Waals surface area contributed by atoms with Gasteiger partial charge < -0.3 is 0 Å². The lowest BCUT2D eigenvalue weighted by Gasteiger charge is -2.22. The van der Waals surface area contributed by atoms with Gasteiger partial charge in [-0.05, 0) is 84.3 Å². The van der Waals surface area contributed by atoms with Crippen molar-refractivity contribution in [3.05, 3.63) is 193 Å². The van der Waals surface area contributed by atoms with E-state index in [1.54, 1.807) is 0 Å².